The van der Waals surface area contributed by atoms with E-state index in [0.29, 0.717) is 11.6 Å². The molecular formula is C21H27Cl2N3O2. The molecule has 3 rings (SSSR count). The Hall–Kier alpha value is -1.79. The maximum absolute atomic E-state index is 12.7. The van der Waals surface area contributed by atoms with Crippen LogP contribution in [0.25, 0.3) is 0 Å². The smallest absolute Gasteiger partial charge is 0.234 e. The van der Waals surface area contributed by atoms with E-state index in [0.717, 1.165) is 36.5 Å². The molecule has 2 aromatic rings. The Morgan fingerprint density at radius 2 is 2.00 bits per heavy atom. The second-order valence-electron chi connectivity index (χ2n) is 6.77. The minimum Gasteiger partial charge on any atom is -0.496 e. The monoisotopic (exact) mass is 423 g/mol. The van der Waals surface area contributed by atoms with Crippen molar-refractivity contribution >= 4 is 29.9 Å². The third kappa shape index (κ3) is 5.61. The normalized spacial score (nSPS) is 18.0. The van der Waals surface area contributed by atoms with E-state index < -0.39 is 0 Å². The first-order chi connectivity index (χ1) is 13.1. The number of piperazine rings is 1. The van der Waals surface area contributed by atoms with Gasteiger partial charge in [0.25, 0.3) is 0 Å². The molecule has 2 atom stereocenters. The zero-order chi connectivity index (χ0) is 19.2. The minimum atomic E-state index is -0.0672. The molecule has 1 aliphatic heterocycles. The Morgan fingerprint density at radius 3 is 2.71 bits per heavy atom. The SMILES string of the molecule is COc1ccccc1C1CNCCN1CC(=O)NC(C)c1ccc(Cl)cc1.Cl. The molecule has 7 heteroatoms. The van der Waals surface area contributed by atoms with Gasteiger partial charge in [0.2, 0.25) is 5.91 Å². The van der Waals surface area contributed by atoms with Crippen molar-refractivity contribution in [1.29, 1.82) is 0 Å². The molecule has 152 valence electrons. The molecule has 1 saturated heterocycles. The van der Waals surface area contributed by atoms with Gasteiger partial charge in [-0.15, -0.1) is 12.4 Å². The molecule has 1 heterocycles. The van der Waals surface area contributed by atoms with Gasteiger partial charge in [-0.05, 0) is 30.7 Å². The van der Waals surface area contributed by atoms with E-state index in [4.69, 9.17) is 16.3 Å². The summed E-state index contributed by atoms with van der Waals surface area (Å²) in [4.78, 5) is 14.9. The molecule has 0 radical (unpaired) electrons. The highest BCUT2D eigenvalue weighted by molar-refractivity contribution is 6.30. The number of hydrogen-bond acceptors (Lipinski definition) is 4. The average molecular weight is 424 g/mol. The molecule has 0 spiro atoms. The van der Waals surface area contributed by atoms with Crippen molar-refractivity contribution < 1.29 is 9.53 Å². The molecular weight excluding hydrogens is 397 g/mol. The number of benzene rings is 2. The van der Waals surface area contributed by atoms with Crippen molar-refractivity contribution in [2.24, 2.45) is 0 Å². The van der Waals surface area contributed by atoms with Crippen LogP contribution in [-0.2, 0) is 4.79 Å². The maximum atomic E-state index is 12.7. The lowest BCUT2D eigenvalue weighted by Gasteiger charge is -2.36. The van der Waals surface area contributed by atoms with Crippen LogP contribution < -0.4 is 15.4 Å². The van der Waals surface area contributed by atoms with Gasteiger partial charge in [-0.3, -0.25) is 9.69 Å². The van der Waals surface area contributed by atoms with Crippen molar-refractivity contribution in [2.45, 2.75) is 19.0 Å². The van der Waals surface area contributed by atoms with Gasteiger partial charge in [0, 0.05) is 30.2 Å². The van der Waals surface area contributed by atoms with Crippen LogP contribution in [0.2, 0.25) is 5.02 Å². The summed E-state index contributed by atoms with van der Waals surface area (Å²) in [7, 11) is 1.68. The topological polar surface area (TPSA) is 53.6 Å². The molecule has 0 saturated carbocycles. The lowest BCUT2D eigenvalue weighted by Crippen LogP contribution is -2.49. The van der Waals surface area contributed by atoms with E-state index in [1.807, 2.05) is 49.4 Å². The summed E-state index contributed by atoms with van der Waals surface area (Å²) in [5.41, 5.74) is 2.14. The lowest BCUT2D eigenvalue weighted by molar-refractivity contribution is -0.123. The number of hydrogen-bond donors (Lipinski definition) is 2. The predicted octanol–water partition coefficient (Wildman–Crippen LogP) is 3.59. The van der Waals surface area contributed by atoms with Crippen LogP contribution in [0.4, 0.5) is 0 Å². The van der Waals surface area contributed by atoms with Gasteiger partial charge in [-0.1, -0.05) is 41.9 Å². The number of para-hydroxylation sites is 1. The minimum absolute atomic E-state index is 0. The van der Waals surface area contributed by atoms with Crippen molar-refractivity contribution in [3.05, 3.63) is 64.7 Å². The van der Waals surface area contributed by atoms with Gasteiger partial charge in [-0.25, -0.2) is 0 Å². The molecule has 2 aromatic carbocycles. The number of methoxy groups -OCH3 is 1. The third-order valence-electron chi connectivity index (χ3n) is 4.95. The number of ether oxygens (including phenoxy) is 1. The Bertz CT molecular complexity index is 771. The molecule has 1 fully saturated rings. The third-order valence-corrected chi connectivity index (χ3v) is 5.20. The van der Waals surface area contributed by atoms with Crippen LogP contribution in [0.5, 0.6) is 5.75 Å². The first-order valence-electron chi connectivity index (χ1n) is 9.21. The highest BCUT2D eigenvalue weighted by atomic mass is 35.5. The van der Waals surface area contributed by atoms with E-state index in [1.165, 1.54) is 0 Å². The second kappa shape index (κ2) is 10.7. The highest BCUT2D eigenvalue weighted by Crippen LogP contribution is 2.30. The summed E-state index contributed by atoms with van der Waals surface area (Å²) in [6.45, 7) is 4.80. The van der Waals surface area contributed by atoms with Crippen LogP contribution in [0.3, 0.4) is 0 Å². The maximum Gasteiger partial charge on any atom is 0.234 e. The standard InChI is InChI=1S/C21H26ClN3O2.ClH/c1-15(16-7-9-17(22)10-8-16)24-21(26)14-25-12-11-23-13-19(25)18-5-3-4-6-20(18)27-2;/h3-10,15,19,23H,11-14H2,1-2H3,(H,24,26);1H. The fourth-order valence-electron chi connectivity index (χ4n) is 3.49. The lowest BCUT2D eigenvalue weighted by atomic mass is 10.0. The Labute approximate surface area is 177 Å². The Morgan fingerprint density at radius 1 is 1.29 bits per heavy atom. The van der Waals surface area contributed by atoms with E-state index in [9.17, 15) is 4.79 Å². The number of carbonyl (C=O) groups is 1. The van der Waals surface area contributed by atoms with Crippen LogP contribution >= 0.6 is 24.0 Å². The van der Waals surface area contributed by atoms with Crippen LogP contribution in [0.15, 0.2) is 48.5 Å². The molecule has 0 aliphatic carbocycles. The van der Waals surface area contributed by atoms with Crippen molar-refractivity contribution in [1.82, 2.24) is 15.5 Å². The summed E-state index contributed by atoms with van der Waals surface area (Å²) in [6.07, 6.45) is 0. The molecule has 2 unspecified atom stereocenters. The summed E-state index contributed by atoms with van der Waals surface area (Å²) >= 11 is 5.94. The molecule has 5 nitrogen and oxygen atoms in total. The van der Waals surface area contributed by atoms with Crippen LogP contribution in [0.1, 0.15) is 30.1 Å². The zero-order valence-electron chi connectivity index (χ0n) is 16.2. The van der Waals surface area contributed by atoms with E-state index in [2.05, 4.69) is 21.6 Å². The fraction of sp³-hybridized carbons (Fsp3) is 0.381. The van der Waals surface area contributed by atoms with Gasteiger partial charge < -0.3 is 15.4 Å². The highest BCUT2D eigenvalue weighted by Gasteiger charge is 2.27. The fourth-order valence-corrected chi connectivity index (χ4v) is 3.62. The van der Waals surface area contributed by atoms with Gasteiger partial charge in [-0.2, -0.15) is 0 Å². The van der Waals surface area contributed by atoms with E-state index in [-0.39, 0.29) is 30.4 Å². The molecule has 1 aliphatic rings. The quantitative estimate of drug-likeness (QED) is 0.744. The number of halogens is 2. The first-order valence-corrected chi connectivity index (χ1v) is 9.59. The number of nitrogens with zero attached hydrogens (tertiary/aromatic N) is 1. The zero-order valence-corrected chi connectivity index (χ0v) is 17.7. The summed E-state index contributed by atoms with van der Waals surface area (Å²) in [6, 6.07) is 15.6. The molecule has 1 amide bonds. The van der Waals surface area contributed by atoms with Gasteiger partial charge in [0.1, 0.15) is 5.75 Å². The van der Waals surface area contributed by atoms with Crippen molar-refractivity contribution in [2.75, 3.05) is 33.3 Å². The molecule has 28 heavy (non-hydrogen) atoms. The van der Waals surface area contributed by atoms with Crippen molar-refractivity contribution in [3.63, 3.8) is 0 Å². The Kier molecular flexibility index (Phi) is 8.58. The number of amides is 1. The number of nitrogens with one attached hydrogen (secondary N) is 2. The largest absolute Gasteiger partial charge is 0.496 e. The van der Waals surface area contributed by atoms with E-state index >= 15 is 0 Å². The van der Waals surface area contributed by atoms with Crippen LogP contribution in [0, 0.1) is 0 Å². The molecule has 2 N–H and O–H groups in total. The van der Waals surface area contributed by atoms with Crippen LogP contribution in [-0.4, -0.2) is 44.1 Å². The first kappa shape index (κ1) is 22.5. The second-order valence-corrected chi connectivity index (χ2v) is 7.21. The summed E-state index contributed by atoms with van der Waals surface area (Å²) in [5.74, 6) is 0.866. The average Bonchev–Trinajstić information content (AvgIpc) is 2.68. The molecule has 0 bridgehead atoms. The number of carbonyl (C=O) groups excluding carboxylic acids is 1. The van der Waals surface area contributed by atoms with E-state index in [1.54, 1.807) is 7.11 Å². The summed E-state index contributed by atoms with van der Waals surface area (Å²) < 4.78 is 5.52. The van der Waals surface area contributed by atoms with Gasteiger partial charge >= 0.3 is 0 Å². The van der Waals surface area contributed by atoms with Gasteiger partial charge in [0.15, 0.2) is 0 Å². The number of rotatable bonds is 6. The predicted molar refractivity (Wildman–Crippen MR) is 115 cm³/mol. The Balaban J connectivity index is 0.00000280. The summed E-state index contributed by atoms with van der Waals surface area (Å²) in [5, 5.41) is 7.20. The van der Waals surface area contributed by atoms with Gasteiger partial charge in [0.05, 0.1) is 25.7 Å². The van der Waals surface area contributed by atoms with Crippen molar-refractivity contribution in [3.8, 4) is 5.75 Å². The molecule has 0 aromatic heterocycles.